The van der Waals surface area contributed by atoms with Gasteiger partial charge >= 0.3 is 0 Å². The molecule has 0 saturated carbocycles. The van der Waals surface area contributed by atoms with Gasteiger partial charge in [0, 0.05) is 42.9 Å². The Morgan fingerprint density at radius 1 is 0.619 bits per heavy atom. The minimum atomic E-state index is -4.28. The maximum absolute atomic E-state index is 13.9. The van der Waals surface area contributed by atoms with E-state index in [-0.39, 0.29) is 54.4 Å². The number of aromatic nitrogens is 2. The fourth-order valence-electron chi connectivity index (χ4n) is 4.60. The number of piperazine rings is 1. The number of sulfonamides is 2. The Morgan fingerprint density at radius 3 is 1.57 bits per heavy atom. The van der Waals surface area contributed by atoms with Crippen molar-refractivity contribution in [2.75, 3.05) is 26.2 Å². The smallest absolute Gasteiger partial charge is 0.279 e. The maximum Gasteiger partial charge on any atom is 0.279 e. The number of benzene rings is 3. The molecule has 0 N–H and O–H groups in total. The average Bonchev–Trinajstić information content (AvgIpc) is 3.69. The van der Waals surface area contributed by atoms with Crippen molar-refractivity contribution in [2.45, 2.75) is 10.1 Å². The third kappa shape index (κ3) is 5.01. The van der Waals surface area contributed by atoms with Crippen molar-refractivity contribution in [3.63, 3.8) is 0 Å². The highest BCUT2D eigenvalue weighted by Crippen LogP contribution is 2.35. The summed E-state index contributed by atoms with van der Waals surface area (Å²) in [6.07, 6.45) is 0. The molecule has 11 nitrogen and oxygen atoms in total. The van der Waals surface area contributed by atoms with Crippen molar-refractivity contribution in [3.05, 3.63) is 96.7 Å². The molecule has 0 unspecified atom stereocenters. The molecule has 3 heterocycles. The van der Waals surface area contributed by atoms with Gasteiger partial charge in [-0.3, -0.25) is 0 Å². The Bertz CT molecular complexity index is 1980. The molecule has 42 heavy (non-hydrogen) atoms. The van der Waals surface area contributed by atoms with Crippen LogP contribution in [0.2, 0.25) is 0 Å². The molecule has 13 heteroatoms. The van der Waals surface area contributed by atoms with E-state index in [9.17, 15) is 22.1 Å². The topological polar surface area (TPSA) is 151 Å². The Balaban J connectivity index is 1.28. The quantitative estimate of drug-likeness (QED) is 0.267. The molecule has 1 aliphatic rings. The van der Waals surface area contributed by atoms with Gasteiger partial charge in [0.25, 0.3) is 25.1 Å². The zero-order valence-electron chi connectivity index (χ0n) is 22.0. The highest BCUT2D eigenvalue weighted by molar-refractivity contribution is 7.89. The van der Waals surface area contributed by atoms with Crippen LogP contribution in [0, 0.1) is 11.3 Å². The molecule has 1 fully saturated rings. The lowest BCUT2D eigenvalue weighted by molar-refractivity contribution is 0.267. The zero-order chi connectivity index (χ0) is 29.3. The largest absolute Gasteiger partial charge is 0.435 e. The van der Waals surface area contributed by atoms with E-state index in [1.54, 1.807) is 91.0 Å². The summed E-state index contributed by atoms with van der Waals surface area (Å²) >= 11 is 0. The standard InChI is InChI=1S/C29H23N5O6S2/c30-20-24-29(40-26(31-24)22-12-6-2-7-13-22)42(37,38)34-18-16-33(17-19-34)41(35,36)28-25(21-10-4-1-5-11-21)39-27(32-28)23-14-8-3-9-15-23/h1-15H,16-19H2. The summed E-state index contributed by atoms with van der Waals surface area (Å²) < 4.78 is 68.5. The lowest BCUT2D eigenvalue weighted by Gasteiger charge is -2.32. The zero-order valence-corrected chi connectivity index (χ0v) is 23.6. The fraction of sp³-hybridized carbons (Fsp3) is 0.138. The maximum atomic E-state index is 13.9. The van der Waals surface area contributed by atoms with Crippen molar-refractivity contribution in [1.29, 1.82) is 5.26 Å². The van der Waals surface area contributed by atoms with Gasteiger partial charge in [-0.05, 0) is 24.3 Å². The van der Waals surface area contributed by atoms with Crippen LogP contribution >= 0.6 is 0 Å². The lowest BCUT2D eigenvalue weighted by Crippen LogP contribution is -2.50. The SMILES string of the molecule is N#Cc1nc(-c2ccccc2)oc1S(=O)(=O)N1CCN(S(=O)(=O)c2nc(-c3ccccc3)oc2-c2ccccc2)CC1. The molecule has 0 amide bonds. The lowest BCUT2D eigenvalue weighted by atomic mass is 10.2. The first-order valence-corrected chi connectivity index (χ1v) is 15.8. The summed E-state index contributed by atoms with van der Waals surface area (Å²) in [6, 6.07) is 28.2. The number of nitriles is 1. The van der Waals surface area contributed by atoms with E-state index in [0.29, 0.717) is 16.7 Å². The molecule has 0 bridgehead atoms. The third-order valence-corrected chi connectivity index (χ3v) is 10.3. The molecule has 6 rings (SSSR count). The second-order valence-corrected chi connectivity index (χ2v) is 13.0. The van der Waals surface area contributed by atoms with Gasteiger partial charge in [0.15, 0.2) is 11.5 Å². The summed E-state index contributed by atoms with van der Waals surface area (Å²) in [6.45, 7) is -0.633. The molecule has 0 aliphatic carbocycles. The third-order valence-electron chi connectivity index (χ3n) is 6.73. The summed E-state index contributed by atoms with van der Waals surface area (Å²) in [5, 5.41) is 8.74. The van der Waals surface area contributed by atoms with Crippen LogP contribution in [0.3, 0.4) is 0 Å². The normalized spacial score (nSPS) is 14.9. The van der Waals surface area contributed by atoms with Crippen LogP contribution in [0.25, 0.3) is 34.2 Å². The van der Waals surface area contributed by atoms with Crippen LogP contribution in [0.5, 0.6) is 0 Å². The Hall–Kier alpha value is -4.61. The molecule has 1 saturated heterocycles. The highest BCUT2D eigenvalue weighted by Gasteiger charge is 2.40. The van der Waals surface area contributed by atoms with Gasteiger partial charge in [0.05, 0.1) is 0 Å². The van der Waals surface area contributed by atoms with Gasteiger partial charge < -0.3 is 8.83 Å². The van der Waals surface area contributed by atoms with E-state index in [1.165, 1.54) is 4.31 Å². The van der Waals surface area contributed by atoms with Gasteiger partial charge in [-0.15, -0.1) is 0 Å². The molecule has 0 spiro atoms. The van der Waals surface area contributed by atoms with Crippen LogP contribution in [-0.4, -0.2) is 61.6 Å². The Labute approximate surface area is 242 Å². The van der Waals surface area contributed by atoms with Gasteiger partial charge in [-0.2, -0.15) is 23.8 Å². The van der Waals surface area contributed by atoms with Gasteiger partial charge in [-0.1, -0.05) is 66.7 Å². The summed E-state index contributed by atoms with van der Waals surface area (Å²) in [4.78, 5) is 8.45. The molecular weight excluding hydrogens is 578 g/mol. The van der Waals surface area contributed by atoms with Crippen LogP contribution in [0.4, 0.5) is 0 Å². The van der Waals surface area contributed by atoms with Crippen LogP contribution in [-0.2, 0) is 20.0 Å². The van der Waals surface area contributed by atoms with Gasteiger partial charge in [0.2, 0.25) is 16.8 Å². The number of rotatable bonds is 7. The molecule has 212 valence electrons. The predicted octanol–water partition coefficient (Wildman–Crippen LogP) is 4.23. The number of hydrogen-bond acceptors (Lipinski definition) is 9. The Morgan fingerprint density at radius 2 is 1.07 bits per heavy atom. The van der Waals surface area contributed by atoms with E-state index in [4.69, 9.17) is 8.83 Å². The van der Waals surface area contributed by atoms with Crippen molar-refractivity contribution in [2.24, 2.45) is 0 Å². The van der Waals surface area contributed by atoms with Crippen molar-refractivity contribution in [1.82, 2.24) is 18.6 Å². The van der Waals surface area contributed by atoms with Crippen LogP contribution < -0.4 is 0 Å². The average molecular weight is 602 g/mol. The van der Waals surface area contributed by atoms with Crippen molar-refractivity contribution in [3.8, 4) is 40.3 Å². The summed E-state index contributed by atoms with van der Waals surface area (Å²) in [5.41, 5.74) is 1.30. The first-order valence-electron chi connectivity index (χ1n) is 12.9. The molecular formula is C29H23N5O6S2. The van der Waals surface area contributed by atoms with Crippen LogP contribution in [0.1, 0.15) is 5.69 Å². The minimum Gasteiger partial charge on any atom is -0.435 e. The van der Waals surface area contributed by atoms with Crippen molar-refractivity contribution < 1.29 is 25.7 Å². The summed E-state index contributed by atoms with van der Waals surface area (Å²) in [7, 11) is -8.47. The van der Waals surface area contributed by atoms with Crippen LogP contribution in [0.15, 0.2) is 110 Å². The van der Waals surface area contributed by atoms with Crippen molar-refractivity contribution >= 4 is 20.0 Å². The highest BCUT2D eigenvalue weighted by atomic mass is 32.2. The second-order valence-electron chi connectivity index (χ2n) is 9.33. The van der Waals surface area contributed by atoms with Gasteiger partial charge in [-0.25, -0.2) is 16.8 Å². The summed E-state index contributed by atoms with van der Waals surface area (Å²) in [5.74, 6) is 0.247. The number of oxazole rings is 2. The van der Waals surface area contributed by atoms with E-state index in [1.807, 2.05) is 6.07 Å². The minimum absolute atomic E-state index is 0.000586. The van der Waals surface area contributed by atoms with E-state index < -0.39 is 25.1 Å². The molecule has 5 aromatic rings. The first kappa shape index (κ1) is 27.6. The molecule has 0 atom stereocenters. The van der Waals surface area contributed by atoms with Gasteiger partial charge in [0.1, 0.15) is 6.07 Å². The fourth-order valence-corrected chi connectivity index (χ4v) is 7.48. The second kappa shape index (κ2) is 11.0. The Kier molecular flexibility index (Phi) is 7.21. The number of nitrogens with zero attached hydrogens (tertiary/aromatic N) is 5. The molecule has 0 radical (unpaired) electrons. The monoisotopic (exact) mass is 601 g/mol. The van der Waals surface area contributed by atoms with E-state index in [0.717, 1.165) is 4.31 Å². The number of hydrogen-bond donors (Lipinski definition) is 0. The predicted molar refractivity (Wildman–Crippen MR) is 152 cm³/mol. The molecule has 3 aromatic carbocycles. The van der Waals surface area contributed by atoms with E-state index >= 15 is 0 Å². The van der Waals surface area contributed by atoms with E-state index in [2.05, 4.69) is 9.97 Å². The molecule has 1 aliphatic heterocycles. The molecule has 2 aromatic heterocycles. The first-order chi connectivity index (χ1) is 20.3.